The second-order valence-electron chi connectivity index (χ2n) is 5.59. The summed E-state index contributed by atoms with van der Waals surface area (Å²) < 4.78 is 23.7. The van der Waals surface area contributed by atoms with Gasteiger partial charge < -0.3 is 18.0 Å². The third-order valence-corrected chi connectivity index (χ3v) is 8.27. The smallest absolute Gasteiger partial charge is 0.380 e. The van der Waals surface area contributed by atoms with Gasteiger partial charge in [-0.25, -0.2) is 0 Å². The van der Waals surface area contributed by atoms with Crippen LogP contribution in [-0.2, 0) is 18.0 Å². The summed E-state index contributed by atoms with van der Waals surface area (Å²) in [7, 11) is -1.34. The molecule has 0 amide bonds. The molecule has 20 heavy (non-hydrogen) atoms. The Labute approximate surface area is 128 Å². The van der Waals surface area contributed by atoms with Crippen LogP contribution in [0, 0.1) is 0 Å². The van der Waals surface area contributed by atoms with E-state index in [4.69, 9.17) is 18.0 Å². The van der Waals surface area contributed by atoms with Crippen LogP contribution in [0.1, 0.15) is 52.9 Å². The third-order valence-electron chi connectivity index (χ3n) is 3.83. The fourth-order valence-electron chi connectivity index (χ4n) is 2.87. The standard InChI is InChI=1S/C14H32O4Si2/c1-4-16-20(17-5-2,18-6-3)13-9-11-14(19)10-7-8-12-15-14/h4-13H2,1-3,19H3. The topological polar surface area (TPSA) is 36.9 Å². The van der Waals surface area contributed by atoms with Crippen molar-refractivity contribution in [1.29, 1.82) is 0 Å². The van der Waals surface area contributed by atoms with Gasteiger partial charge in [-0.05, 0) is 52.9 Å². The fourth-order valence-corrected chi connectivity index (χ4v) is 6.39. The molecule has 0 saturated carbocycles. The zero-order valence-corrected chi connectivity index (χ0v) is 16.7. The predicted molar refractivity (Wildman–Crippen MR) is 87.1 cm³/mol. The molecule has 0 aromatic heterocycles. The maximum absolute atomic E-state index is 6.01. The van der Waals surface area contributed by atoms with Gasteiger partial charge in [-0.15, -0.1) is 0 Å². The molecule has 1 aliphatic heterocycles. The summed E-state index contributed by atoms with van der Waals surface area (Å²) >= 11 is 0. The molecule has 1 rings (SSSR count). The minimum Gasteiger partial charge on any atom is -0.380 e. The largest absolute Gasteiger partial charge is 0.500 e. The van der Waals surface area contributed by atoms with Crippen molar-refractivity contribution in [1.82, 2.24) is 0 Å². The number of hydrogen-bond acceptors (Lipinski definition) is 4. The van der Waals surface area contributed by atoms with Gasteiger partial charge >= 0.3 is 8.80 Å². The summed E-state index contributed by atoms with van der Waals surface area (Å²) in [6.07, 6.45) is 5.97. The maximum Gasteiger partial charge on any atom is 0.500 e. The molecule has 0 aliphatic carbocycles. The quantitative estimate of drug-likeness (QED) is 0.578. The van der Waals surface area contributed by atoms with Crippen LogP contribution in [0.5, 0.6) is 0 Å². The summed E-state index contributed by atoms with van der Waals surface area (Å²) in [5, 5.41) is 0.184. The van der Waals surface area contributed by atoms with Gasteiger partial charge in [-0.1, -0.05) is 0 Å². The first-order valence-corrected chi connectivity index (χ1v) is 11.1. The zero-order valence-electron chi connectivity index (χ0n) is 13.7. The Balaban J connectivity index is 2.47. The molecule has 1 heterocycles. The second kappa shape index (κ2) is 9.32. The molecule has 1 saturated heterocycles. The van der Waals surface area contributed by atoms with Crippen LogP contribution in [0.2, 0.25) is 6.04 Å². The molecule has 0 aromatic carbocycles. The van der Waals surface area contributed by atoms with Crippen LogP contribution in [0.4, 0.5) is 0 Å². The van der Waals surface area contributed by atoms with Gasteiger partial charge in [0, 0.05) is 47.9 Å². The van der Waals surface area contributed by atoms with E-state index in [1.807, 2.05) is 20.8 Å². The van der Waals surface area contributed by atoms with E-state index in [1.54, 1.807) is 0 Å². The van der Waals surface area contributed by atoms with E-state index in [9.17, 15) is 0 Å². The molecule has 4 nitrogen and oxygen atoms in total. The Morgan fingerprint density at radius 3 is 2.10 bits per heavy atom. The van der Waals surface area contributed by atoms with E-state index in [0.29, 0.717) is 19.8 Å². The average molecular weight is 321 g/mol. The van der Waals surface area contributed by atoms with Crippen molar-refractivity contribution in [2.24, 2.45) is 0 Å². The Bertz CT molecular complexity index is 241. The molecular weight excluding hydrogens is 288 g/mol. The molecule has 1 fully saturated rings. The molecule has 0 N–H and O–H groups in total. The zero-order chi connectivity index (χ0) is 14.9. The monoisotopic (exact) mass is 320 g/mol. The molecule has 1 atom stereocenters. The average Bonchev–Trinajstić information content (AvgIpc) is 2.40. The van der Waals surface area contributed by atoms with Crippen LogP contribution in [0.25, 0.3) is 0 Å². The molecule has 0 bridgehead atoms. The van der Waals surface area contributed by atoms with Crippen LogP contribution < -0.4 is 0 Å². The molecule has 120 valence electrons. The lowest BCUT2D eigenvalue weighted by Crippen LogP contribution is -2.46. The first kappa shape index (κ1) is 18.3. The minimum absolute atomic E-state index is 0.184. The Morgan fingerprint density at radius 1 is 1.05 bits per heavy atom. The lowest BCUT2D eigenvalue weighted by molar-refractivity contribution is -0.0239. The lowest BCUT2D eigenvalue weighted by Gasteiger charge is -2.35. The highest BCUT2D eigenvalue weighted by molar-refractivity contribution is 6.60. The van der Waals surface area contributed by atoms with Gasteiger partial charge in [0.15, 0.2) is 0 Å². The fraction of sp³-hybridized carbons (Fsp3) is 1.00. The number of rotatable bonds is 10. The van der Waals surface area contributed by atoms with Gasteiger partial charge in [-0.2, -0.15) is 0 Å². The summed E-state index contributed by atoms with van der Waals surface area (Å²) in [5.41, 5.74) is 0. The molecule has 1 unspecified atom stereocenters. The molecule has 1 aliphatic rings. The Morgan fingerprint density at radius 2 is 1.65 bits per heavy atom. The van der Waals surface area contributed by atoms with Gasteiger partial charge in [-0.3, -0.25) is 0 Å². The van der Waals surface area contributed by atoms with Crippen molar-refractivity contribution < 1.29 is 18.0 Å². The van der Waals surface area contributed by atoms with E-state index in [-0.39, 0.29) is 5.22 Å². The van der Waals surface area contributed by atoms with Crippen molar-refractivity contribution in [3.05, 3.63) is 0 Å². The number of ether oxygens (including phenoxy) is 1. The highest BCUT2D eigenvalue weighted by Gasteiger charge is 2.40. The van der Waals surface area contributed by atoms with Gasteiger partial charge in [0.2, 0.25) is 0 Å². The van der Waals surface area contributed by atoms with Crippen LogP contribution in [0.3, 0.4) is 0 Å². The van der Waals surface area contributed by atoms with Crippen molar-refractivity contribution in [2.75, 3.05) is 26.4 Å². The summed E-state index contributed by atoms with van der Waals surface area (Å²) in [5.74, 6) is 0. The summed E-state index contributed by atoms with van der Waals surface area (Å²) in [4.78, 5) is 0. The predicted octanol–water partition coefficient (Wildman–Crippen LogP) is 2.08. The second-order valence-corrected chi connectivity index (χ2v) is 10.1. The van der Waals surface area contributed by atoms with Crippen molar-refractivity contribution >= 4 is 19.0 Å². The van der Waals surface area contributed by atoms with Crippen molar-refractivity contribution in [3.63, 3.8) is 0 Å². The van der Waals surface area contributed by atoms with Crippen LogP contribution >= 0.6 is 0 Å². The third kappa shape index (κ3) is 5.95. The van der Waals surface area contributed by atoms with Crippen LogP contribution in [0.15, 0.2) is 0 Å². The first-order valence-electron chi connectivity index (χ1n) is 8.15. The molecule has 6 heteroatoms. The van der Waals surface area contributed by atoms with E-state index in [1.165, 1.54) is 19.3 Å². The first-order chi connectivity index (χ1) is 9.60. The van der Waals surface area contributed by atoms with Crippen LogP contribution in [-0.4, -0.2) is 50.7 Å². The van der Waals surface area contributed by atoms with E-state index >= 15 is 0 Å². The summed E-state index contributed by atoms with van der Waals surface area (Å²) in [6, 6.07) is 0.913. The van der Waals surface area contributed by atoms with Gasteiger partial charge in [0.05, 0.1) is 0 Å². The lowest BCUT2D eigenvalue weighted by atomic mass is 10.0. The Kier molecular flexibility index (Phi) is 8.54. The van der Waals surface area contributed by atoms with E-state index in [2.05, 4.69) is 0 Å². The molecule has 0 aromatic rings. The van der Waals surface area contributed by atoms with Gasteiger partial charge in [0.25, 0.3) is 0 Å². The van der Waals surface area contributed by atoms with Gasteiger partial charge in [0.1, 0.15) is 0 Å². The Hall–Kier alpha value is 0.274. The normalized spacial score (nSPS) is 24.1. The highest BCUT2D eigenvalue weighted by atomic mass is 28.4. The molecular formula is C14H32O4Si2. The van der Waals surface area contributed by atoms with Crippen molar-refractivity contribution in [2.45, 2.75) is 64.1 Å². The number of hydrogen-bond donors (Lipinski definition) is 0. The van der Waals surface area contributed by atoms with E-state index in [0.717, 1.165) is 35.7 Å². The highest BCUT2D eigenvalue weighted by Crippen LogP contribution is 2.29. The van der Waals surface area contributed by atoms with E-state index < -0.39 is 8.80 Å². The molecule has 0 spiro atoms. The minimum atomic E-state index is -2.45. The molecule has 0 radical (unpaired) electrons. The summed E-state index contributed by atoms with van der Waals surface area (Å²) in [6.45, 7) is 8.96. The maximum atomic E-state index is 6.01. The van der Waals surface area contributed by atoms with Crippen molar-refractivity contribution in [3.8, 4) is 0 Å². The SMILES string of the molecule is CCO[Si](CCCC1([SiH3])CCCCO1)(OCC)OCC.